The lowest BCUT2D eigenvalue weighted by atomic mass is 9.92. The number of rotatable bonds is 7. The van der Waals surface area contributed by atoms with Gasteiger partial charge in [-0.05, 0) is 64.8 Å². The number of benzene rings is 4. The van der Waals surface area contributed by atoms with Crippen LogP contribution in [-0.2, 0) is 6.42 Å². The van der Waals surface area contributed by atoms with E-state index in [1.807, 2.05) is 25.1 Å². The van der Waals surface area contributed by atoms with Crippen LogP contribution in [0.15, 0.2) is 97.1 Å². The van der Waals surface area contributed by atoms with Crippen molar-refractivity contribution in [2.75, 3.05) is 6.61 Å². The standard InChI is InChI=1S/C29H27FO/c1-3-31-29-18-17-27(20-28(29)30)26-15-13-25(14-16-26)24-11-9-22(10-12-24)19-21(2)23-7-5-4-6-8-23/h4-18,20-21H,3,19H2,1-2H3/t21-/m0/s1. The van der Waals surface area contributed by atoms with Crippen LogP contribution in [0.3, 0.4) is 0 Å². The van der Waals surface area contributed by atoms with Gasteiger partial charge in [0.05, 0.1) is 6.61 Å². The first-order valence-corrected chi connectivity index (χ1v) is 10.8. The van der Waals surface area contributed by atoms with Crippen molar-refractivity contribution in [1.29, 1.82) is 0 Å². The second-order valence-electron chi connectivity index (χ2n) is 7.87. The zero-order valence-electron chi connectivity index (χ0n) is 18.0. The largest absolute Gasteiger partial charge is 0.491 e. The van der Waals surface area contributed by atoms with Crippen LogP contribution in [0.4, 0.5) is 4.39 Å². The highest BCUT2D eigenvalue weighted by atomic mass is 19.1. The summed E-state index contributed by atoms with van der Waals surface area (Å²) in [5.41, 5.74) is 6.87. The minimum absolute atomic E-state index is 0.296. The first kappa shape index (κ1) is 20.9. The molecule has 0 fully saturated rings. The molecule has 0 aromatic heterocycles. The van der Waals surface area contributed by atoms with Gasteiger partial charge in [0.2, 0.25) is 0 Å². The van der Waals surface area contributed by atoms with Gasteiger partial charge in [0.25, 0.3) is 0 Å². The van der Waals surface area contributed by atoms with E-state index in [-0.39, 0.29) is 5.82 Å². The highest BCUT2D eigenvalue weighted by Gasteiger charge is 2.08. The van der Waals surface area contributed by atoms with E-state index in [2.05, 4.69) is 73.7 Å². The molecule has 0 saturated carbocycles. The maximum absolute atomic E-state index is 14.2. The van der Waals surface area contributed by atoms with Crippen LogP contribution >= 0.6 is 0 Å². The quantitative estimate of drug-likeness (QED) is 0.301. The maximum atomic E-state index is 14.2. The third-order valence-corrected chi connectivity index (χ3v) is 5.65. The van der Waals surface area contributed by atoms with E-state index in [4.69, 9.17) is 4.74 Å². The van der Waals surface area contributed by atoms with E-state index in [1.54, 1.807) is 6.07 Å². The smallest absolute Gasteiger partial charge is 0.165 e. The molecule has 0 aliphatic carbocycles. The predicted octanol–water partition coefficient (Wildman–Crippen LogP) is 7.90. The van der Waals surface area contributed by atoms with Crippen molar-refractivity contribution >= 4 is 0 Å². The van der Waals surface area contributed by atoms with Crippen molar-refractivity contribution in [1.82, 2.24) is 0 Å². The Kier molecular flexibility index (Phi) is 6.47. The topological polar surface area (TPSA) is 9.23 Å². The van der Waals surface area contributed by atoms with E-state index in [0.717, 1.165) is 23.1 Å². The van der Waals surface area contributed by atoms with Gasteiger partial charge in [-0.25, -0.2) is 4.39 Å². The van der Waals surface area contributed by atoms with Crippen LogP contribution < -0.4 is 4.74 Å². The van der Waals surface area contributed by atoms with Crippen molar-refractivity contribution in [3.8, 4) is 28.0 Å². The monoisotopic (exact) mass is 410 g/mol. The average molecular weight is 411 g/mol. The van der Waals surface area contributed by atoms with Gasteiger partial charge >= 0.3 is 0 Å². The lowest BCUT2D eigenvalue weighted by Crippen LogP contribution is -1.98. The number of ether oxygens (including phenoxy) is 1. The van der Waals surface area contributed by atoms with Gasteiger partial charge in [0, 0.05) is 0 Å². The minimum Gasteiger partial charge on any atom is -0.491 e. The zero-order chi connectivity index (χ0) is 21.6. The second kappa shape index (κ2) is 9.61. The highest BCUT2D eigenvalue weighted by Crippen LogP contribution is 2.29. The van der Waals surface area contributed by atoms with Crippen LogP contribution in [0, 0.1) is 5.82 Å². The summed E-state index contributed by atoms with van der Waals surface area (Å²) in [6.07, 6.45) is 1.02. The molecule has 0 unspecified atom stereocenters. The molecule has 1 nitrogen and oxygen atoms in total. The molecule has 0 bridgehead atoms. The molecule has 156 valence electrons. The van der Waals surface area contributed by atoms with Crippen molar-refractivity contribution < 1.29 is 9.13 Å². The lowest BCUT2D eigenvalue weighted by molar-refractivity contribution is 0.321. The fourth-order valence-corrected chi connectivity index (χ4v) is 3.89. The molecule has 2 heteroatoms. The van der Waals surface area contributed by atoms with Gasteiger partial charge < -0.3 is 4.74 Å². The van der Waals surface area contributed by atoms with Crippen LogP contribution in [0.1, 0.15) is 30.9 Å². The third kappa shape index (κ3) is 5.03. The molecule has 4 aromatic rings. The summed E-state index contributed by atoms with van der Waals surface area (Å²) < 4.78 is 19.5. The summed E-state index contributed by atoms with van der Waals surface area (Å²) in [7, 11) is 0. The molecule has 4 rings (SSSR count). The maximum Gasteiger partial charge on any atom is 0.165 e. The van der Waals surface area contributed by atoms with Crippen molar-refractivity contribution in [2.24, 2.45) is 0 Å². The van der Waals surface area contributed by atoms with Gasteiger partial charge in [-0.1, -0.05) is 91.9 Å². The summed E-state index contributed by atoms with van der Waals surface area (Å²) in [5, 5.41) is 0. The molecule has 4 aromatic carbocycles. The van der Waals surface area contributed by atoms with Crippen molar-refractivity contribution in [2.45, 2.75) is 26.2 Å². The lowest BCUT2D eigenvalue weighted by Gasteiger charge is -2.12. The number of halogens is 1. The Bertz CT molecular complexity index is 1120. The molecule has 0 saturated heterocycles. The molecular weight excluding hydrogens is 383 g/mol. The Morgan fingerprint density at radius 3 is 1.84 bits per heavy atom. The Morgan fingerprint density at radius 1 is 0.710 bits per heavy atom. The molecule has 0 radical (unpaired) electrons. The minimum atomic E-state index is -0.330. The van der Waals surface area contributed by atoms with E-state index in [0.29, 0.717) is 18.3 Å². The van der Waals surface area contributed by atoms with Gasteiger partial charge in [0.15, 0.2) is 11.6 Å². The van der Waals surface area contributed by atoms with E-state index in [1.165, 1.54) is 22.8 Å². The molecule has 0 aliphatic rings. The van der Waals surface area contributed by atoms with Gasteiger partial charge in [-0.15, -0.1) is 0 Å². The van der Waals surface area contributed by atoms with Crippen molar-refractivity contribution in [3.05, 3.63) is 114 Å². The number of hydrogen-bond acceptors (Lipinski definition) is 1. The van der Waals surface area contributed by atoms with Crippen LogP contribution in [-0.4, -0.2) is 6.61 Å². The molecule has 0 N–H and O–H groups in total. The van der Waals surface area contributed by atoms with Crippen LogP contribution in [0.5, 0.6) is 5.75 Å². The Labute approximate surface area is 184 Å². The third-order valence-electron chi connectivity index (χ3n) is 5.65. The fourth-order valence-electron chi connectivity index (χ4n) is 3.89. The summed E-state index contributed by atoms with van der Waals surface area (Å²) in [6.45, 7) is 4.57. The fraction of sp³-hybridized carbons (Fsp3) is 0.172. The summed E-state index contributed by atoms with van der Waals surface area (Å²) in [6, 6.07) is 32.8. The first-order valence-electron chi connectivity index (χ1n) is 10.8. The molecule has 0 spiro atoms. The van der Waals surface area contributed by atoms with Crippen molar-refractivity contribution in [3.63, 3.8) is 0 Å². The summed E-state index contributed by atoms with van der Waals surface area (Å²) in [4.78, 5) is 0. The van der Waals surface area contributed by atoms with E-state index in [9.17, 15) is 4.39 Å². The SMILES string of the molecule is CCOc1ccc(-c2ccc(-c3ccc(C[C@H](C)c4ccccc4)cc3)cc2)cc1F. The van der Waals surface area contributed by atoms with Gasteiger partial charge in [-0.3, -0.25) is 0 Å². The summed E-state index contributed by atoms with van der Waals surface area (Å²) in [5.74, 6) is 0.453. The van der Waals surface area contributed by atoms with Gasteiger partial charge in [-0.2, -0.15) is 0 Å². The number of hydrogen-bond donors (Lipinski definition) is 0. The Balaban J connectivity index is 1.46. The molecule has 1 atom stereocenters. The molecule has 0 heterocycles. The van der Waals surface area contributed by atoms with Gasteiger partial charge in [0.1, 0.15) is 0 Å². The second-order valence-corrected chi connectivity index (χ2v) is 7.87. The molecule has 0 amide bonds. The molecule has 31 heavy (non-hydrogen) atoms. The van der Waals surface area contributed by atoms with Crippen LogP contribution in [0.25, 0.3) is 22.3 Å². The zero-order valence-corrected chi connectivity index (χ0v) is 18.0. The molecular formula is C29H27FO. The summed E-state index contributed by atoms with van der Waals surface area (Å²) >= 11 is 0. The highest BCUT2D eigenvalue weighted by molar-refractivity contribution is 5.71. The normalized spacial score (nSPS) is 11.8. The van der Waals surface area contributed by atoms with E-state index >= 15 is 0 Å². The predicted molar refractivity (Wildman–Crippen MR) is 127 cm³/mol. The molecule has 0 aliphatic heterocycles. The van der Waals surface area contributed by atoms with E-state index < -0.39 is 0 Å². The van der Waals surface area contributed by atoms with Crippen LogP contribution in [0.2, 0.25) is 0 Å². The Hall–Kier alpha value is -3.39. The average Bonchev–Trinajstić information content (AvgIpc) is 2.82. The first-order chi connectivity index (χ1) is 15.1. The Morgan fingerprint density at radius 2 is 1.26 bits per heavy atom.